The van der Waals surface area contributed by atoms with E-state index in [2.05, 4.69) is 10.5 Å². The predicted octanol–water partition coefficient (Wildman–Crippen LogP) is 1.91. The number of carbonyl (C=O) groups is 1. The Kier molecular flexibility index (Phi) is 3.19. The first-order valence-electron chi connectivity index (χ1n) is 5.56. The molecule has 0 radical (unpaired) electrons. The van der Waals surface area contributed by atoms with Gasteiger partial charge in [0.25, 0.3) is 0 Å². The first-order chi connectivity index (χ1) is 7.66. The smallest absolute Gasteiger partial charge is 0.246 e. The quantitative estimate of drug-likeness (QED) is 0.788. The minimum atomic E-state index is -0.220. The Morgan fingerprint density at radius 2 is 2.31 bits per heavy atom. The number of nitrogens with zero attached hydrogens (tertiary/aromatic N) is 1. The molecule has 16 heavy (non-hydrogen) atoms. The molecule has 1 aromatic rings. The van der Waals surface area contributed by atoms with Gasteiger partial charge >= 0.3 is 0 Å². The molecule has 1 aliphatic carbocycles. The van der Waals surface area contributed by atoms with Crippen molar-refractivity contribution < 1.29 is 9.63 Å². The summed E-state index contributed by atoms with van der Waals surface area (Å²) in [4.78, 5) is 21.0. The van der Waals surface area contributed by atoms with Gasteiger partial charge in [-0.15, -0.1) is 0 Å². The molecule has 1 saturated carbocycles. The van der Waals surface area contributed by atoms with Crippen LogP contribution in [-0.4, -0.2) is 10.9 Å². The first-order valence-corrected chi connectivity index (χ1v) is 5.56. The molecule has 1 unspecified atom stereocenters. The van der Waals surface area contributed by atoms with E-state index in [1.165, 1.54) is 0 Å². The van der Waals surface area contributed by atoms with Crippen molar-refractivity contribution in [3.8, 4) is 0 Å². The molecule has 1 amide bonds. The third kappa shape index (κ3) is 2.79. The second-order valence-corrected chi connectivity index (χ2v) is 4.20. The highest BCUT2D eigenvalue weighted by molar-refractivity contribution is 5.79. The van der Waals surface area contributed by atoms with Crippen LogP contribution in [0.5, 0.6) is 0 Å². The van der Waals surface area contributed by atoms with Gasteiger partial charge in [-0.1, -0.05) is 6.07 Å². The molecule has 1 heterocycles. The molecule has 0 saturated heterocycles. The number of rotatable bonds is 4. The number of aromatic nitrogens is 1. The van der Waals surface area contributed by atoms with Gasteiger partial charge in [-0.25, -0.2) is 5.48 Å². The zero-order valence-electron chi connectivity index (χ0n) is 9.56. The second-order valence-electron chi connectivity index (χ2n) is 4.20. The summed E-state index contributed by atoms with van der Waals surface area (Å²) in [6.45, 7) is 3.80. The van der Waals surface area contributed by atoms with Crippen LogP contribution in [0.4, 0.5) is 0 Å². The largest absolute Gasteiger partial charge is 0.272 e. The Bertz CT molecular complexity index is 388. The molecular weight excluding hydrogens is 204 g/mol. The fraction of sp³-hybridized carbons (Fsp3) is 0.500. The molecule has 0 spiro atoms. The Hall–Kier alpha value is -1.42. The summed E-state index contributed by atoms with van der Waals surface area (Å²) in [7, 11) is 0. The van der Waals surface area contributed by atoms with E-state index in [9.17, 15) is 4.79 Å². The van der Waals surface area contributed by atoms with Crippen molar-refractivity contribution in [2.45, 2.75) is 32.8 Å². The molecule has 1 aromatic heterocycles. The number of carbonyl (C=O) groups excluding carboxylic acids is 1. The average Bonchev–Trinajstić information content (AvgIpc) is 3.09. The fourth-order valence-electron chi connectivity index (χ4n) is 1.43. The van der Waals surface area contributed by atoms with Crippen molar-refractivity contribution >= 4 is 5.91 Å². The lowest BCUT2D eigenvalue weighted by atomic mass is 10.2. The van der Waals surface area contributed by atoms with E-state index in [4.69, 9.17) is 4.84 Å². The standard InChI is InChI=1S/C12H16N2O2/c1-8-4-3-5-11(13-8)9(2)16-14-12(15)10-6-7-10/h3-5,9-10H,6-7H2,1-2H3,(H,14,15). The first kappa shape index (κ1) is 11.1. The van der Waals surface area contributed by atoms with Crippen LogP contribution in [0, 0.1) is 12.8 Å². The topological polar surface area (TPSA) is 51.2 Å². The van der Waals surface area contributed by atoms with Gasteiger partial charge in [0, 0.05) is 11.6 Å². The van der Waals surface area contributed by atoms with Crippen molar-refractivity contribution in [3.05, 3.63) is 29.6 Å². The minimum absolute atomic E-state index is 0.0143. The lowest BCUT2D eigenvalue weighted by Gasteiger charge is -2.12. The van der Waals surface area contributed by atoms with Gasteiger partial charge in [-0.2, -0.15) is 0 Å². The summed E-state index contributed by atoms with van der Waals surface area (Å²) in [5.41, 5.74) is 4.26. The van der Waals surface area contributed by atoms with Crippen molar-refractivity contribution in [2.24, 2.45) is 5.92 Å². The molecule has 2 rings (SSSR count). The molecule has 4 nitrogen and oxygen atoms in total. The predicted molar refractivity (Wildman–Crippen MR) is 59.3 cm³/mol. The zero-order valence-corrected chi connectivity index (χ0v) is 9.56. The third-order valence-corrected chi connectivity index (χ3v) is 2.61. The summed E-state index contributed by atoms with van der Waals surface area (Å²) in [6, 6.07) is 5.75. The van der Waals surface area contributed by atoms with Gasteiger partial charge in [0.15, 0.2) is 0 Å². The fourth-order valence-corrected chi connectivity index (χ4v) is 1.43. The van der Waals surface area contributed by atoms with Crippen molar-refractivity contribution in [3.63, 3.8) is 0 Å². The van der Waals surface area contributed by atoms with E-state index in [0.29, 0.717) is 0 Å². The number of nitrogens with one attached hydrogen (secondary N) is 1. The van der Waals surface area contributed by atoms with Crippen LogP contribution in [-0.2, 0) is 9.63 Å². The van der Waals surface area contributed by atoms with Crippen LogP contribution in [0.3, 0.4) is 0 Å². The Morgan fingerprint density at radius 1 is 1.56 bits per heavy atom. The third-order valence-electron chi connectivity index (χ3n) is 2.61. The lowest BCUT2D eigenvalue weighted by Crippen LogP contribution is -2.26. The van der Waals surface area contributed by atoms with Gasteiger partial charge in [0.05, 0.1) is 5.69 Å². The van der Waals surface area contributed by atoms with Crippen LogP contribution in [0.1, 0.15) is 37.3 Å². The van der Waals surface area contributed by atoms with E-state index >= 15 is 0 Å². The maximum absolute atomic E-state index is 11.4. The van der Waals surface area contributed by atoms with E-state index in [1.807, 2.05) is 32.0 Å². The second kappa shape index (κ2) is 4.61. The van der Waals surface area contributed by atoms with Gasteiger partial charge in [0.1, 0.15) is 6.10 Å². The molecular formula is C12H16N2O2. The summed E-state index contributed by atoms with van der Waals surface area (Å²) in [6.07, 6.45) is 1.74. The minimum Gasteiger partial charge on any atom is -0.272 e. The maximum atomic E-state index is 11.4. The van der Waals surface area contributed by atoms with Gasteiger partial charge in [-0.05, 0) is 38.8 Å². The highest BCUT2D eigenvalue weighted by atomic mass is 16.7. The Morgan fingerprint density at radius 3 is 2.94 bits per heavy atom. The molecule has 0 aliphatic heterocycles. The van der Waals surface area contributed by atoms with Crippen LogP contribution >= 0.6 is 0 Å². The highest BCUT2D eigenvalue weighted by Gasteiger charge is 2.30. The molecule has 1 aliphatic rings. The SMILES string of the molecule is Cc1cccc(C(C)ONC(=O)C2CC2)n1. The molecule has 4 heteroatoms. The number of hydrogen-bond acceptors (Lipinski definition) is 3. The Labute approximate surface area is 95.0 Å². The number of amides is 1. The molecule has 0 bridgehead atoms. The maximum Gasteiger partial charge on any atom is 0.246 e. The monoisotopic (exact) mass is 220 g/mol. The number of hydroxylamine groups is 1. The average molecular weight is 220 g/mol. The van der Waals surface area contributed by atoms with Gasteiger partial charge in [-0.3, -0.25) is 14.6 Å². The zero-order chi connectivity index (χ0) is 11.5. The summed E-state index contributed by atoms with van der Waals surface area (Å²) in [5, 5.41) is 0. The molecule has 1 N–H and O–H groups in total. The van der Waals surface area contributed by atoms with Crippen molar-refractivity contribution in [1.29, 1.82) is 0 Å². The van der Waals surface area contributed by atoms with E-state index in [1.54, 1.807) is 0 Å². The lowest BCUT2D eigenvalue weighted by molar-refractivity contribution is -0.139. The van der Waals surface area contributed by atoms with E-state index in [-0.39, 0.29) is 17.9 Å². The Balaban J connectivity index is 1.87. The number of pyridine rings is 1. The van der Waals surface area contributed by atoms with E-state index < -0.39 is 0 Å². The summed E-state index contributed by atoms with van der Waals surface area (Å²) < 4.78 is 0. The summed E-state index contributed by atoms with van der Waals surface area (Å²) in [5.74, 6) is 0.150. The normalized spacial score (nSPS) is 16.9. The van der Waals surface area contributed by atoms with Crippen LogP contribution < -0.4 is 5.48 Å². The van der Waals surface area contributed by atoms with Gasteiger partial charge < -0.3 is 0 Å². The van der Waals surface area contributed by atoms with Crippen LogP contribution in [0.2, 0.25) is 0 Å². The van der Waals surface area contributed by atoms with Gasteiger partial charge in [0.2, 0.25) is 5.91 Å². The van der Waals surface area contributed by atoms with E-state index in [0.717, 1.165) is 24.2 Å². The van der Waals surface area contributed by atoms with Crippen LogP contribution in [0.15, 0.2) is 18.2 Å². The molecule has 1 fully saturated rings. The van der Waals surface area contributed by atoms with Crippen molar-refractivity contribution in [1.82, 2.24) is 10.5 Å². The molecule has 86 valence electrons. The summed E-state index contributed by atoms with van der Waals surface area (Å²) >= 11 is 0. The highest BCUT2D eigenvalue weighted by Crippen LogP contribution is 2.29. The molecule has 1 atom stereocenters. The van der Waals surface area contributed by atoms with Crippen molar-refractivity contribution in [2.75, 3.05) is 0 Å². The number of hydrogen-bond donors (Lipinski definition) is 1. The molecule has 0 aromatic carbocycles. The van der Waals surface area contributed by atoms with Crippen LogP contribution in [0.25, 0.3) is 0 Å². The number of aryl methyl sites for hydroxylation is 1.